The van der Waals surface area contributed by atoms with Crippen molar-refractivity contribution < 1.29 is 29.9 Å². The number of rotatable bonds is 19. The van der Waals surface area contributed by atoms with Crippen molar-refractivity contribution in [2.45, 2.75) is 90.4 Å². The number of nitrogens with one attached hydrogen (secondary N) is 1. The minimum atomic E-state index is -0.432. The van der Waals surface area contributed by atoms with Gasteiger partial charge in [-0.15, -0.1) is 4.99 Å². The molecule has 0 saturated carbocycles. The molecule has 0 bridgehead atoms. The Hall–Kier alpha value is -2.49. The molecule has 222 valence electrons. The Morgan fingerprint density at radius 1 is 1.23 bits per heavy atom. The summed E-state index contributed by atoms with van der Waals surface area (Å²) in [5.41, 5.74) is 3.11. The Kier molecular flexibility index (Phi) is 13.4. The van der Waals surface area contributed by atoms with Crippen LogP contribution in [0.3, 0.4) is 0 Å². The average Bonchev–Trinajstić information content (AvgIpc) is 3.58. The second-order valence-electron chi connectivity index (χ2n) is 10.9. The number of aliphatic hydroxyl groups excluding tert-OH is 3. The molecule has 0 fully saturated rings. The summed E-state index contributed by atoms with van der Waals surface area (Å²) in [4.78, 5) is 4.57. The molecule has 1 aromatic carbocycles. The molecule has 40 heavy (non-hydrogen) atoms. The number of aromatic hydroxyl groups is 1. The third-order valence-electron chi connectivity index (χ3n) is 7.55. The molecule has 0 spiro atoms. The molecular formula is C32H48N2O6. The highest BCUT2D eigenvalue weighted by Gasteiger charge is 2.30. The number of benzene rings is 1. The normalized spacial score (nSPS) is 19.1. The first-order valence-electron chi connectivity index (χ1n) is 14.8. The number of aliphatic hydroxyl groups is 3. The molecular weight excluding hydrogens is 508 g/mol. The van der Waals surface area contributed by atoms with E-state index in [0.29, 0.717) is 31.7 Å². The molecule has 4 unspecified atom stereocenters. The standard InChI is InChI=1S/C32H48N2O6/c1-4-5-8-31-26(21-36)18-28(40-31)11-9-24-10-12-30(38)32(16-24)39-15-13-27-17-25(20-33-27)23(3)29(7-6-14-35)34-19-22(2)37/h10,12,16-18,20,22-23,29,31,34-38H,4-9,11,13-15,19,21H2,1-3H3. The Labute approximate surface area is 239 Å². The zero-order valence-corrected chi connectivity index (χ0v) is 24.3. The summed E-state index contributed by atoms with van der Waals surface area (Å²) in [5, 5.41) is 42.4. The zero-order valence-electron chi connectivity index (χ0n) is 24.3. The van der Waals surface area contributed by atoms with E-state index in [1.807, 2.05) is 24.4 Å². The average molecular weight is 557 g/mol. The molecule has 0 saturated heterocycles. The van der Waals surface area contributed by atoms with Crippen molar-refractivity contribution in [3.63, 3.8) is 0 Å². The maximum absolute atomic E-state index is 10.3. The lowest BCUT2D eigenvalue weighted by Crippen LogP contribution is -2.39. The molecule has 0 aliphatic carbocycles. The van der Waals surface area contributed by atoms with Crippen LogP contribution < -0.4 is 10.1 Å². The molecule has 2 aliphatic rings. The van der Waals surface area contributed by atoms with Crippen molar-refractivity contribution in [3.8, 4) is 11.5 Å². The van der Waals surface area contributed by atoms with E-state index in [2.05, 4.69) is 30.2 Å². The van der Waals surface area contributed by atoms with Crippen LogP contribution in [0.2, 0.25) is 0 Å². The van der Waals surface area contributed by atoms with Gasteiger partial charge in [0.25, 0.3) is 0 Å². The molecule has 2 heterocycles. The van der Waals surface area contributed by atoms with E-state index >= 15 is 0 Å². The monoisotopic (exact) mass is 556 g/mol. The Bertz CT molecular complexity index is 992. The lowest BCUT2D eigenvalue weighted by atomic mass is 9.90. The number of hydrogen-bond donors (Lipinski definition) is 5. The van der Waals surface area contributed by atoms with Crippen molar-refractivity contribution in [3.05, 3.63) is 59.2 Å². The summed E-state index contributed by atoms with van der Waals surface area (Å²) in [6, 6.07) is 6.50. The van der Waals surface area contributed by atoms with Crippen molar-refractivity contribution >= 4 is 6.21 Å². The van der Waals surface area contributed by atoms with Crippen LogP contribution in [0.4, 0.5) is 0 Å². The Balaban J connectivity index is 1.48. The molecule has 0 amide bonds. The molecule has 5 N–H and O–H groups in total. The lowest BCUT2D eigenvalue weighted by Gasteiger charge is -2.24. The Morgan fingerprint density at radius 2 is 2.05 bits per heavy atom. The van der Waals surface area contributed by atoms with Crippen LogP contribution in [0.25, 0.3) is 0 Å². The predicted molar refractivity (Wildman–Crippen MR) is 158 cm³/mol. The first kappa shape index (κ1) is 32.0. The Morgan fingerprint density at radius 3 is 2.77 bits per heavy atom. The molecule has 0 aromatic heterocycles. The van der Waals surface area contributed by atoms with Crippen LogP contribution in [0.15, 0.2) is 46.5 Å². The van der Waals surface area contributed by atoms with Gasteiger partial charge in [0, 0.05) is 31.9 Å². The van der Waals surface area contributed by atoms with E-state index < -0.39 is 6.10 Å². The van der Waals surface area contributed by atoms with Gasteiger partial charge in [-0.25, -0.2) is 0 Å². The van der Waals surface area contributed by atoms with Gasteiger partial charge in [0.1, 0.15) is 12.2 Å². The highest BCUT2D eigenvalue weighted by Crippen LogP contribution is 2.33. The number of phenolic OH excluding ortho intramolecular Hbond substituents is 1. The minimum absolute atomic E-state index is 0.0149. The highest BCUT2D eigenvalue weighted by molar-refractivity contribution is 5.83. The van der Waals surface area contributed by atoms with Crippen LogP contribution >= 0.6 is 0 Å². The van der Waals surface area contributed by atoms with Gasteiger partial charge in [-0.3, -0.25) is 0 Å². The summed E-state index contributed by atoms with van der Waals surface area (Å²) in [5.74, 6) is 0.741. The number of ether oxygens (including phenoxy) is 2. The van der Waals surface area contributed by atoms with Crippen LogP contribution in [-0.4, -0.2) is 71.3 Å². The smallest absolute Gasteiger partial charge is 0.176 e. The van der Waals surface area contributed by atoms with Gasteiger partial charge < -0.3 is 35.2 Å². The lowest BCUT2D eigenvalue weighted by molar-refractivity contribution is 0.103. The van der Waals surface area contributed by atoms with Gasteiger partial charge in [-0.1, -0.05) is 38.4 Å². The van der Waals surface area contributed by atoms with Gasteiger partial charge in [0.2, 0.25) is 0 Å². The van der Waals surface area contributed by atoms with Crippen LogP contribution in [0.1, 0.15) is 71.3 Å². The quantitative estimate of drug-likeness (QED) is 0.160. The van der Waals surface area contributed by atoms with E-state index in [1.54, 1.807) is 13.0 Å². The van der Waals surface area contributed by atoms with Gasteiger partial charge in [0.05, 0.1) is 24.5 Å². The number of phenols is 1. The van der Waals surface area contributed by atoms with E-state index in [4.69, 9.17) is 9.47 Å². The van der Waals surface area contributed by atoms with Crippen LogP contribution in [0, 0.1) is 18.1 Å². The van der Waals surface area contributed by atoms with E-state index in [0.717, 1.165) is 67.4 Å². The number of aliphatic imine (C=N–C) groups is 1. The van der Waals surface area contributed by atoms with Gasteiger partial charge >= 0.3 is 0 Å². The molecule has 3 rings (SSSR count). The van der Waals surface area contributed by atoms with E-state index in [9.17, 15) is 20.4 Å². The van der Waals surface area contributed by atoms with Crippen LogP contribution in [0.5, 0.6) is 11.5 Å². The fraction of sp³-hybridized carbons (Fsp3) is 0.594. The maximum atomic E-state index is 10.3. The largest absolute Gasteiger partial charge is 0.504 e. The van der Waals surface area contributed by atoms with Gasteiger partial charge in [0.15, 0.2) is 23.8 Å². The molecule has 0 radical (unpaired) electrons. The van der Waals surface area contributed by atoms with Gasteiger partial charge in [-0.05, 0) is 57.2 Å². The second kappa shape index (κ2) is 16.7. The number of unbranched alkanes of at least 4 members (excludes halogenated alkanes) is 1. The molecule has 4 atom stereocenters. The third-order valence-corrected chi connectivity index (χ3v) is 7.55. The first-order valence-corrected chi connectivity index (χ1v) is 14.8. The SMILES string of the molecule is CCCCC1O[C-](CCc2ccc(O)c(OCC[C+]3C=C(C(C)C(CCCO)NCC(C)O)C=N3)c2)C=C1CO. The summed E-state index contributed by atoms with van der Waals surface area (Å²) in [6.45, 7) is 7.11. The van der Waals surface area contributed by atoms with Crippen molar-refractivity contribution in [2.24, 2.45) is 10.9 Å². The second-order valence-corrected chi connectivity index (χ2v) is 10.9. The highest BCUT2D eigenvalue weighted by atomic mass is 16.5. The van der Waals surface area contributed by atoms with Crippen molar-refractivity contribution in [1.29, 1.82) is 0 Å². The predicted octanol–water partition coefficient (Wildman–Crippen LogP) is 4.42. The zero-order chi connectivity index (χ0) is 28.9. The molecule has 1 aromatic rings. The van der Waals surface area contributed by atoms with Crippen molar-refractivity contribution in [1.82, 2.24) is 5.32 Å². The number of nitrogens with zero attached hydrogens (tertiary/aromatic N) is 1. The van der Waals surface area contributed by atoms with Gasteiger partial charge in [-0.2, -0.15) is 11.6 Å². The van der Waals surface area contributed by atoms with E-state index in [-0.39, 0.29) is 37.0 Å². The maximum Gasteiger partial charge on any atom is 0.176 e. The van der Waals surface area contributed by atoms with Crippen LogP contribution in [-0.2, 0) is 11.2 Å². The number of aryl methyl sites for hydroxylation is 1. The summed E-state index contributed by atoms with van der Waals surface area (Å²) in [7, 11) is 0. The fourth-order valence-electron chi connectivity index (χ4n) is 5.07. The van der Waals surface area contributed by atoms with Crippen molar-refractivity contribution in [2.75, 3.05) is 26.4 Å². The third kappa shape index (κ3) is 9.85. The topological polar surface area (TPSA) is 124 Å². The first-order chi connectivity index (χ1) is 19.3. The molecule has 8 nitrogen and oxygen atoms in total. The number of hydrogen-bond acceptors (Lipinski definition) is 8. The van der Waals surface area contributed by atoms with E-state index in [1.165, 1.54) is 0 Å². The minimum Gasteiger partial charge on any atom is -0.504 e. The molecule has 8 heteroatoms. The summed E-state index contributed by atoms with van der Waals surface area (Å²) >= 11 is 0. The summed E-state index contributed by atoms with van der Waals surface area (Å²) in [6.07, 6.45) is 13.1. The fourth-order valence-corrected chi connectivity index (χ4v) is 5.07. The molecule has 2 aliphatic heterocycles. The summed E-state index contributed by atoms with van der Waals surface area (Å²) < 4.78 is 12.0.